The number of anilines is 3. The summed E-state index contributed by atoms with van der Waals surface area (Å²) in [5.74, 6) is 5.60. The highest BCUT2D eigenvalue weighted by molar-refractivity contribution is 5.94. The van der Waals surface area contributed by atoms with Crippen LogP contribution in [0.3, 0.4) is 0 Å². The van der Waals surface area contributed by atoms with Gasteiger partial charge in [-0.15, -0.1) is 0 Å². The number of aromatic nitrogens is 4. The lowest BCUT2D eigenvalue weighted by Gasteiger charge is -2.41. The third-order valence-corrected chi connectivity index (χ3v) is 7.16. The highest BCUT2D eigenvalue weighted by atomic mass is 16.5. The van der Waals surface area contributed by atoms with Gasteiger partial charge in [-0.3, -0.25) is 14.6 Å². The Morgan fingerprint density at radius 1 is 1.05 bits per heavy atom. The molecule has 0 atom stereocenters. The Balaban J connectivity index is 1.06. The lowest BCUT2D eigenvalue weighted by Crippen LogP contribution is -2.59. The van der Waals surface area contributed by atoms with Crippen molar-refractivity contribution in [2.24, 2.45) is 0 Å². The molecule has 3 aromatic heterocycles. The lowest BCUT2D eigenvalue weighted by atomic mass is 10.1. The molecule has 3 N–H and O–H groups in total. The number of rotatable bonds is 7. The average molecular weight is 551 g/mol. The summed E-state index contributed by atoms with van der Waals surface area (Å²) in [6, 6.07) is 13.7. The van der Waals surface area contributed by atoms with Crippen LogP contribution >= 0.6 is 0 Å². The summed E-state index contributed by atoms with van der Waals surface area (Å²) < 4.78 is 5.48. The Morgan fingerprint density at radius 3 is 2.63 bits per heavy atom. The van der Waals surface area contributed by atoms with E-state index in [1.807, 2.05) is 36.4 Å². The van der Waals surface area contributed by atoms with E-state index in [9.17, 15) is 9.59 Å². The van der Waals surface area contributed by atoms with Crippen LogP contribution in [0.25, 0.3) is 22.3 Å². The topological polar surface area (TPSA) is 128 Å². The standard InChI is InChI=1S/C30H30N8O3/c1-2-3-27(39)35-23-17-38(18-23)24-8-9-31-22(14-24)15-28(40)34-21-6-4-20(5-7-21)26-16-25-29(36-26)32-19-33-30(25)37-10-12-41-13-11-37/h4-9,14,16,19,23H,10-13,15,17-18H2,1H3,(H,34,40)(H,35,39)(H,32,33,36). The summed E-state index contributed by atoms with van der Waals surface area (Å²) >= 11 is 0. The van der Waals surface area contributed by atoms with E-state index in [1.165, 1.54) is 0 Å². The minimum absolute atomic E-state index is 0.0651. The number of fused-ring (bicyclic) bond motifs is 1. The largest absolute Gasteiger partial charge is 0.378 e. The van der Waals surface area contributed by atoms with E-state index in [0.717, 1.165) is 46.9 Å². The molecule has 11 heteroatoms. The predicted octanol–water partition coefficient (Wildman–Crippen LogP) is 2.37. The number of nitrogens with zero attached hydrogens (tertiary/aromatic N) is 5. The van der Waals surface area contributed by atoms with Crippen LogP contribution in [0.2, 0.25) is 0 Å². The third-order valence-electron chi connectivity index (χ3n) is 7.16. The van der Waals surface area contributed by atoms with Gasteiger partial charge in [0.2, 0.25) is 5.91 Å². The highest BCUT2D eigenvalue weighted by Crippen LogP contribution is 2.30. The molecule has 11 nitrogen and oxygen atoms in total. The molecule has 1 aromatic carbocycles. The van der Waals surface area contributed by atoms with Gasteiger partial charge in [-0.2, -0.15) is 0 Å². The van der Waals surface area contributed by atoms with E-state index in [1.54, 1.807) is 19.4 Å². The van der Waals surface area contributed by atoms with Crippen molar-refractivity contribution in [3.05, 3.63) is 60.7 Å². The van der Waals surface area contributed by atoms with E-state index in [2.05, 4.69) is 58.3 Å². The van der Waals surface area contributed by atoms with Crippen LogP contribution in [-0.4, -0.2) is 77.2 Å². The van der Waals surface area contributed by atoms with Gasteiger partial charge in [-0.25, -0.2) is 9.97 Å². The number of aromatic amines is 1. The summed E-state index contributed by atoms with van der Waals surface area (Å²) in [6.45, 7) is 5.99. The summed E-state index contributed by atoms with van der Waals surface area (Å²) in [7, 11) is 0. The Bertz CT molecular complexity index is 1630. The van der Waals surface area contributed by atoms with Crippen LogP contribution in [0.5, 0.6) is 0 Å². The third kappa shape index (κ3) is 5.97. The van der Waals surface area contributed by atoms with Gasteiger partial charge in [0.15, 0.2) is 0 Å². The van der Waals surface area contributed by atoms with Crippen molar-refractivity contribution < 1.29 is 14.3 Å². The van der Waals surface area contributed by atoms with Crippen LogP contribution in [0.4, 0.5) is 17.2 Å². The fraction of sp³-hybridized carbons (Fsp3) is 0.300. The molecule has 0 bridgehead atoms. The van der Waals surface area contributed by atoms with Crippen LogP contribution in [0.15, 0.2) is 55.0 Å². The van der Waals surface area contributed by atoms with Crippen molar-refractivity contribution in [1.82, 2.24) is 25.3 Å². The second-order valence-electron chi connectivity index (χ2n) is 10.0. The molecule has 0 radical (unpaired) electrons. The number of ether oxygens (including phenoxy) is 1. The van der Waals surface area contributed by atoms with Gasteiger partial charge < -0.3 is 30.2 Å². The van der Waals surface area contributed by atoms with Crippen molar-refractivity contribution in [2.75, 3.05) is 54.5 Å². The molecular weight excluding hydrogens is 520 g/mol. The maximum atomic E-state index is 12.8. The number of hydrogen-bond donors (Lipinski definition) is 3. The van der Waals surface area contributed by atoms with E-state index < -0.39 is 0 Å². The van der Waals surface area contributed by atoms with Gasteiger partial charge in [-0.05, 0) is 48.7 Å². The second kappa shape index (κ2) is 11.7. The number of hydrogen-bond acceptors (Lipinski definition) is 8. The van der Waals surface area contributed by atoms with Gasteiger partial charge in [0.25, 0.3) is 5.91 Å². The SMILES string of the molecule is CC#CC(=O)NC1CN(c2ccnc(CC(=O)Nc3ccc(-c4cc5c(N6CCOCC6)ncnc5[nH]4)cc3)c2)C1. The lowest BCUT2D eigenvalue weighted by molar-refractivity contribution is -0.117. The van der Waals surface area contributed by atoms with Crippen molar-refractivity contribution >= 4 is 40.0 Å². The predicted molar refractivity (Wildman–Crippen MR) is 157 cm³/mol. The second-order valence-corrected chi connectivity index (χ2v) is 10.0. The molecule has 5 heterocycles. The normalized spacial score (nSPS) is 15.1. The molecule has 208 valence electrons. The molecule has 4 aromatic rings. The Labute approximate surface area is 237 Å². The van der Waals surface area contributed by atoms with Crippen LogP contribution in [-0.2, 0) is 20.7 Å². The zero-order chi connectivity index (χ0) is 28.2. The minimum Gasteiger partial charge on any atom is -0.378 e. The Hall–Kier alpha value is -4.95. The first-order chi connectivity index (χ1) is 20.1. The van der Waals surface area contributed by atoms with Crippen molar-refractivity contribution in [2.45, 2.75) is 19.4 Å². The smallest absolute Gasteiger partial charge is 0.296 e. The van der Waals surface area contributed by atoms with Gasteiger partial charge in [0, 0.05) is 49.4 Å². The van der Waals surface area contributed by atoms with Crippen molar-refractivity contribution in [1.29, 1.82) is 0 Å². The number of benzene rings is 1. The number of amides is 2. The molecule has 2 aliphatic rings. The van der Waals surface area contributed by atoms with Gasteiger partial charge >= 0.3 is 0 Å². The molecule has 0 aliphatic carbocycles. The fourth-order valence-corrected chi connectivity index (χ4v) is 5.09. The molecule has 6 rings (SSSR count). The van der Waals surface area contributed by atoms with Gasteiger partial charge in [0.05, 0.1) is 36.8 Å². The number of morpholine rings is 1. The summed E-state index contributed by atoms with van der Waals surface area (Å²) in [6.07, 6.45) is 3.44. The number of pyridine rings is 1. The zero-order valence-corrected chi connectivity index (χ0v) is 22.7. The van der Waals surface area contributed by atoms with Crippen molar-refractivity contribution in [3.8, 4) is 23.1 Å². The zero-order valence-electron chi connectivity index (χ0n) is 22.7. The Morgan fingerprint density at radius 2 is 1.85 bits per heavy atom. The van der Waals surface area contributed by atoms with E-state index in [0.29, 0.717) is 37.7 Å². The fourth-order valence-electron chi connectivity index (χ4n) is 5.09. The summed E-state index contributed by atoms with van der Waals surface area (Å²) in [5, 5.41) is 6.81. The molecule has 0 saturated carbocycles. The maximum Gasteiger partial charge on any atom is 0.296 e. The molecule has 41 heavy (non-hydrogen) atoms. The summed E-state index contributed by atoms with van der Waals surface area (Å²) in [4.78, 5) is 45.5. The Kier molecular flexibility index (Phi) is 7.47. The first-order valence-corrected chi connectivity index (χ1v) is 13.6. The molecule has 2 aliphatic heterocycles. The number of H-pyrrole nitrogens is 1. The average Bonchev–Trinajstić information content (AvgIpc) is 3.40. The maximum absolute atomic E-state index is 12.8. The van der Waals surface area contributed by atoms with Gasteiger partial charge in [-0.1, -0.05) is 18.1 Å². The molecule has 0 spiro atoms. The first-order valence-electron chi connectivity index (χ1n) is 13.6. The number of carbonyl (C=O) groups excluding carboxylic acids is 2. The molecule has 2 fully saturated rings. The minimum atomic E-state index is -0.259. The summed E-state index contributed by atoms with van der Waals surface area (Å²) in [5.41, 5.74) is 5.05. The van der Waals surface area contributed by atoms with Crippen LogP contribution < -0.4 is 20.4 Å². The molecule has 0 unspecified atom stereocenters. The molecular formula is C30H30N8O3. The molecule has 2 saturated heterocycles. The van der Waals surface area contributed by atoms with E-state index in [4.69, 9.17) is 4.74 Å². The number of carbonyl (C=O) groups is 2. The first kappa shape index (κ1) is 26.3. The van der Waals surface area contributed by atoms with Gasteiger partial charge in [0.1, 0.15) is 17.8 Å². The highest BCUT2D eigenvalue weighted by Gasteiger charge is 2.28. The quantitative estimate of drug-likeness (QED) is 0.299. The van der Waals surface area contributed by atoms with E-state index >= 15 is 0 Å². The number of nitrogens with one attached hydrogen (secondary N) is 3. The van der Waals surface area contributed by atoms with E-state index in [-0.39, 0.29) is 24.3 Å². The monoisotopic (exact) mass is 550 g/mol. The van der Waals surface area contributed by atoms with Crippen LogP contribution in [0.1, 0.15) is 12.6 Å². The van der Waals surface area contributed by atoms with Crippen LogP contribution in [0, 0.1) is 11.8 Å². The van der Waals surface area contributed by atoms with Crippen molar-refractivity contribution in [3.63, 3.8) is 0 Å². The molecule has 2 amide bonds.